The lowest BCUT2D eigenvalue weighted by Crippen LogP contribution is -2.24. The van der Waals surface area contributed by atoms with Crippen molar-refractivity contribution in [3.63, 3.8) is 0 Å². The van der Waals surface area contributed by atoms with Gasteiger partial charge in [-0.25, -0.2) is 9.78 Å². The number of aromatic nitrogens is 1. The van der Waals surface area contributed by atoms with Gasteiger partial charge in [-0.3, -0.25) is 0 Å². The fourth-order valence-electron chi connectivity index (χ4n) is 2.32. The van der Waals surface area contributed by atoms with E-state index in [2.05, 4.69) is 28.1 Å². The summed E-state index contributed by atoms with van der Waals surface area (Å²) >= 11 is 1.48. The number of carbonyl (C=O) groups is 1. The fourth-order valence-corrected chi connectivity index (χ4v) is 3.15. The van der Waals surface area contributed by atoms with Gasteiger partial charge in [0, 0.05) is 17.6 Å². The molecule has 1 aromatic heterocycles. The van der Waals surface area contributed by atoms with Crippen LogP contribution in [-0.4, -0.2) is 24.6 Å². The van der Waals surface area contributed by atoms with E-state index in [1.165, 1.54) is 29.7 Å². The van der Waals surface area contributed by atoms with E-state index >= 15 is 0 Å². The lowest BCUT2D eigenvalue weighted by Gasteiger charge is -2.28. The molecule has 0 saturated carbocycles. The number of hydrogen-bond acceptors (Lipinski definition) is 5. The van der Waals surface area contributed by atoms with E-state index in [1.807, 2.05) is 6.07 Å². The molecule has 0 spiro atoms. The minimum Gasteiger partial charge on any atom is -0.464 e. The highest BCUT2D eigenvalue weighted by Crippen LogP contribution is 2.34. The summed E-state index contributed by atoms with van der Waals surface area (Å²) in [6.45, 7) is 0.936. The zero-order chi connectivity index (χ0) is 13.2. The van der Waals surface area contributed by atoms with Gasteiger partial charge in [-0.05, 0) is 24.5 Å². The molecule has 1 aliphatic rings. The maximum absolute atomic E-state index is 11.5. The van der Waals surface area contributed by atoms with Gasteiger partial charge in [-0.1, -0.05) is 18.2 Å². The Morgan fingerprint density at radius 2 is 2.26 bits per heavy atom. The van der Waals surface area contributed by atoms with Gasteiger partial charge in [0.05, 0.1) is 7.11 Å². The van der Waals surface area contributed by atoms with Gasteiger partial charge in [0.25, 0.3) is 0 Å². The Kier molecular flexibility index (Phi) is 3.21. The zero-order valence-corrected chi connectivity index (χ0v) is 11.4. The molecule has 2 aromatic rings. The minimum atomic E-state index is -0.382. The second-order valence-electron chi connectivity index (χ2n) is 4.39. The van der Waals surface area contributed by atoms with Crippen molar-refractivity contribution in [1.29, 1.82) is 0 Å². The molecule has 0 amide bonds. The normalized spacial score (nSPS) is 14.1. The Morgan fingerprint density at radius 1 is 1.42 bits per heavy atom. The molecule has 0 unspecified atom stereocenters. The molecule has 5 heteroatoms. The van der Waals surface area contributed by atoms with E-state index in [-0.39, 0.29) is 5.97 Å². The Labute approximate surface area is 115 Å². The van der Waals surface area contributed by atoms with Crippen LogP contribution in [0.1, 0.15) is 22.5 Å². The van der Waals surface area contributed by atoms with Crippen molar-refractivity contribution < 1.29 is 9.53 Å². The average molecular weight is 274 g/mol. The van der Waals surface area contributed by atoms with Crippen molar-refractivity contribution in [3.8, 4) is 0 Å². The number of para-hydroxylation sites is 1. The summed E-state index contributed by atoms with van der Waals surface area (Å²) < 4.78 is 4.69. The number of hydrogen-bond donors (Lipinski definition) is 0. The molecule has 0 fully saturated rings. The van der Waals surface area contributed by atoms with Crippen molar-refractivity contribution in [2.45, 2.75) is 12.8 Å². The highest BCUT2D eigenvalue weighted by atomic mass is 32.1. The van der Waals surface area contributed by atoms with Crippen molar-refractivity contribution in [3.05, 3.63) is 40.9 Å². The Hall–Kier alpha value is -1.88. The SMILES string of the molecule is COC(=O)c1csc(N2CCCc3ccccc32)n1. The van der Waals surface area contributed by atoms with Crippen LogP contribution < -0.4 is 4.90 Å². The summed E-state index contributed by atoms with van der Waals surface area (Å²) in [5, 5.41) is 2.60. The number of nitrogens with zero attached hydrogens (tertiary/aromatic N) is 2. The molecule has 1 aromatic carbocycles. The summed E-state index contributed by atoms with van der Waals surface area (Å²) in [5.41, 5.74) is 2.91. The number of thiazole rings is 1. The van der Waals surface area contributed by atoms with Gasteiger partial charge in [-0.15, -0.1) is 11.3 Å². The molecular weight excluding hydrogens is 260 g/mol. The molecule has 4 nitrogen and oxygen atoms in total. The lowest BCUT2D eigenvalue weighted by molar-refractivity contribution is 0.0595. The second kappa shape index (κ2) is 5.01. The van der Waals surface area contributed by atoms with Crippen LogP contribution in [0.15, 0.2) is 29.6 Å². The number of rotatable bonds is 2. The van der Waals surface area contributed by atoms with Gasteiger partial charge >= 0.3 is 5.97 Å². The van der Waals surface area contributed by atoms with E-state index < -0.39 is 0 Å². The van der Waals surface area contributed by atoms with E-state index in [0.717, 1.165) is 24.5 Å². The predicted octanol–water partition coefficient (Wildman–Crippen LogP) is 3.01. The van der Waals surface area contributed by atoms with Crippen LogP contribution in [0.4, 0.5) is 10.8 Å². The van der Waals surface area contributed by atoms with Gasteiger partial charge in [-0.2, -0.15) is 0 Å². The summed E-state index contributed by atoms with van der Waals surface area (Å²) in [4.78, 5) is 18.0. The van der Waals surface area contributed by atoms with Gasteiger partial charge in [0.2, 0.25) is 0 Å². The summed E-state index contributed by atoms with van der Waals surface area (Å²) in [6, 6.07) is 8.35. The Balaban J connectivity index is 1.95. The van der Waals surface area contributed by atoms with E-state index in [1.54, 1.807) is 5.38 Å². The quantitative estimate of drug-likeness (QED) is 0.789. The summed E-state index contributed by atoms with van der Waals surface area (Å²) in [7, 11) is 1.37. The molecule has 0 N–H and O–H groups in total. The van der Waals surface area contributed by atoms with Crippen molar-refractivity contribution in [1.82, 2.24) is 4.98 Å². The average Bonchev–Trinajstić information content (AvgIpc) is 2.95. The molecule has 1 aliphatic heterocycles. The van der Waals surface area contributed by atoms with Crippen LogP contribution in [0.3, 0.4) is 0 Å². The number of anilines is 2. The van der Waals surface area contributed by atoms with Crippen LogP contribution in [0.2, 0.25) is 0 Å². The number of carbonyl (C=O) groups excluding carboxylic acids is 1. The molecule has 19 heavy (non-hydrogen) atoms. The molecule has 0 saturated heterocycles. The maximum atomic E-state index is 11.5. The first-order valence-corrected chi connectivity index (χ1v) is 7.07. The highest BCUT2D eigenvalue weighted by molar-refractivity contribution is 7.14. The van der Waals surface area contributed by atoms with Crippen LogP contribution >= 0.6 is 11.3 Å². The number of aryl methyl sites for hydroxylation is 1. The molecule has 0 atom stereocenters. The third-order valence-electron chi connectivity index (χ3n) is 3.23. The molecule has 0 bridgehead atoms. The van der Waals surface area contributed by atoms with E-state index in [9.17, 15) is 4.79 Å². The lowest BCUT2D eigenvalue weighted by atomic mass is 10.0. The van der Waals surface area contributed by atoms with Crippen LogP contribution in [0, 0.1) is 0 Å². The molecule has 98 valence electrons. The first kappa shape index (κ1) is 12.2. The molecular formula is C14H14N2O2S. The van der Waals surface area contributed by atoms with Crippen molar-refractivity contribution in [2.75, 3.05) is 18.6 Å². The number of methoxy groups -OCH3 is 1. The number of fused-ring (bicyclic) bond motifs is 1. The highest BCUT2D eigenvalue weighted by Gasteiger charge is 2.21. The first-order valence-electron chi connectivity index (χ1n) is 6.19. The Bertz CT molecular complexity index is 609. The molecule has 2 heterocycles. The number of ether oxygens (including phenoxy) is 1. The predicted molar refractivity (Wildman–Crippen MR) is 75.2 cm³/mol. The van der Waals surface area contributed by atoms with Gasteiger partial charge in [0.15, 0.2) is 10.8 Å². The molecule has 3 rings (SSSR count). The largest absolute Gasteiger partial charge is 0.464 e. The van der Waals surface area contributed by atoms with Crippen molar-refractivity contribution in [2.24, 2.45) is 0 Å². The van der Waals surface area contributed by atoms with E-state index in [4.69, 9.17) is 4.74 Å². The number of benzene rings is 1. The number of esters is 1. The fraction of sp³-hybridized carbons (Fsp3) is 0.286. The Morgan fingerprint density at radius 3 is 3.11 bits per heavy atom. The van der Waals surface area contributed by atoms with Crippen molar-refractivity contribution >= 4 is 28.1 Å². The summed E-state index contributed by atoms with van der Waals surface area (Å²) in [6.07, 6.45) is 2.20. The molecule has 0 aliphatic carbocycles. The first-order chi connectivity index (χ1) is 9.29. The summed E-state index contributed by atoms with van der Waals surface area (Å²) in [5.74, 6) is -0.382. The second-order valence-corrected chi connectivity index (χ2v) is 5.23. The maximum Gasteiger partial charge on any atom is 0.357 e. The third-order valence-corrected chi connectivity index (χ3v) is 4.09. The van der Waals surface area contributed by atoms with Gasteiger partial charge in [0.1, 0.15) is 0 Å². The monoisotopic (exact) mass is 274 g/mol. The topological polar surface area (TPSA) is 42.4 Å². The zero-order valence-electron chi connectivity index (χ0n) is 10.6. The van der Waals surface area contributed by atoms with Gasteiger partial charge < -0.3 is 9.64 Å². The third kappa shape index (κ3) is 2.21. The van der Waals surface area contributed by atoms with E-state index in [0.29, 0.717) is 5.69 Å². The van der Waals surface area contributed by atoms with Crippen LogP contribution in [0.5, 0.6) is 0 Å². The molecule has 0 radical (unpaired) electrons. The van der Waals surface area contributed by atoms with Crippen LogP contribution in [-0.2, 0) is 11.2 Å². The standard InChI is InChI=1S/C14H14N2O2S/c1-18-13(17)11-9-19-14(15-11)16-8-4-6-10-5-2-3-7-12(10)16/h2-3,5,7,9H,4,6,8H2,1H3. The smallest absolute Gasteiger partial charge is 0.357 e. The van der Waals surface area contributed by atoms with Crippen LogP contribution in [0.25, 0.3) is 0 Å². The minimum absolute atomic E-state index is 0.380.